The molecule has 110 valence electrons. The number of hydrogen-bond donors (Lipinski definition) is 2. The second-order valence-corrected chi connectivity index (χ2v) is 6.12. The topological polar surface area (TPSA) is 24.1 Å². The monoisotopic (exact) mass is 366 g/mol. The van der Waals surface area contributed by atoms with Gasteiger partial charge >= 0.3 is 0 Å². The summed E-state index contributed by atoms with van der Waals surface area (Å²) in [5.74, 6) is -0.350. The Bertz CT molecular complexity index is 660. The van der Waals surface area contributed by atoms with Crippen LogP contribution >= 0.6 is 28.1 Å². The second-order valence-electron chi connectivity index (χ2n) is 4.80. The Morgan fingerprint density at radius 2 is 1.95 bits per heavy atom. The van der Waals surface area contributed by atoms with Crippen molar-refractivity contribution >= 4 is 38.9 Å². The van der Waals surface area contributed by atoms with Crippen LogP contribution < -0.4 is 10.6 Å². The molecule has 0 bridgehead atoms. The summed E-state index contributed by atoms with van der Waals surface area (Å²) in [7, 11) is 0. The van der Waals surface area contributed by atoms with Crippen molar-refractivity contribution in [2.45, 2.75) is 19.9 Å². The van der Waals surface area contributed by atoms with Crippen molar-refractivity contribution in [3.63, 3.8) is 0 Å². The summed E-state index contributed by atoms with van der Waals surface area (Å²) >= 11 is 8.47. The molecule has 0 aliphatic rings. The summed E-state index contributed by atoms with van der Waals surface area (Å²) in [5, 5.41) is 6.45. The molecule has 2 aromatic carbocycles. The molecule has 21 heavy (non-hydrogen) atoms. The summed E-state index contributed by atoms with van der Waals surface area (Å²) in [6, 6.07) is 12.9. The number of nitrogens with one attached hydrogen (secondary N) is 2. The molecule has 2 rings (SSSR count). The minimum Gasteiger partial charge on any atom is -0.356 e. The van der Waals surface area contributed by atoms with E-state index >= 15 is 0 Å². The highest BCUT2D eigenvalue weighted by atomic mass is 79.9. The second kappa shape index (κ2) is 7.00. The molecular formula is C16H16BrFN2S. The predicted molar refractivity (Wildman–Crippen MR) is 93.1 cm³/mol. The standard InChI is InChI=1S/C16H16BrFN2S/c1-10-5-3-4-6-13(10)11(2)19-16(21)20-15-8-7-12(17)9-14(15)18/h3-9,11H,1-2H3,(H2,19,20,21)/t11-/m1/s1. The number of hydrogen-bond acceptors (Lipinski definition) is 1. The van der Waals surface area contributed by atoms with Crippen LogP contribution in [0.2, 0.25) is 0 Å². The molecule has 0 fully saturated rings. The van der Waals surface area contributed by atoms with Crippen molar-refractivity contribution in [1.29, 1.82) is 0 Å². The van der Waals surface area contributed by atoms with Gasteiger partial charge in [0, 0.05) is 4.47 Å². The zero-order valence-corrected chi connectivity index (χ0v) is 14.2. The van der Waals surface area contributed by atoms with Gasteiger partial charge in [0.1, 0.15) is 5.82 Å². The van der Waals surface area contributed by atoms with Gasteiger partial charge in [-0.2, -0.15) is 0 Å². The summed E-state index contributed by atoms with van der Waals surface area (Å²) < 4.78 is 14.4. The van der Waals surface area contributed by atoms with Gasteiger partial charge in [0.05, 0.1) is 11.7 Å². The van der Waals surface area contributed by atoms with Crippen LogP contribution in [0.4, 0.5) is 10.1 Å². The Kier molecular flexibility index (Phi) is 5.31. The molecule has 0 aliphatic carbocycles. The van der Waals surface area contributed by atoms with Crippen LogP contribution in [0.1, 0.15) is 24.1 Å². The van der Waals surface area contributed by atoms with Crippen molar-refractivity contribution in [2.24, 2.45) is 0 Å². The van der Waals surface area contributed by atoms with Crippen molar-refractivity contribution in [1.82, 2.24) is 5.32 Å². The zero-order valence-electron chi connectivity index (χ0n) is 11.8. The van der Waals surface area contributed by atoms with E-state index in [1.807, 2.05) is 19.1 Å². The lowest BCUT2D eigenvalue weighted by atomic mass is 10.0. The average Bonchev–Trinajstić information content (AvgIpc) is 2.42. The molecule has 1 atom stereocenters. The first-order chi connectivity index (χ1) is 9.97. The Labute approximate surface area is 137 Å². The lowest BCUT2D eigenvalue weighted by Crippen LogP contribution is -2.31. The molecule has 0 heterocycles. The van der Waals surface area contributed by atoms with E-state index in [-0.39, 0.29) is 11.9 Å². The number of rotatable bonds is 3. The fourth-order valence-corrected chi connectivity index (χ4v) is 2.72. The van der Waals surface area contributed by atoms with Crippen LogP contribution in [0.15, 0.2) is 46.9 Å². The molecule has 2 nitrogen and oxygen atoms in total. The molecular weight excluding hydrogens is 351 g/mol. The zero-order chi connectivity index (χ0) is 15.4. The Hall–Kier alpha value is -1.46. The van der Waals surface area contributed by atoms with Gasteiger partial charge in [0.2, 0.25) is 0 Å². The quantitative estimate of drug-likeness (QED) is 0.751. The Morgan fingerprint density at radius 3 is 2.62 bits per heavy atom. The molecule has 0 aromatic heterocycles. The lowest BCUT2D eigenvalue weighted by Gasteiger charge is -2.19. The van der Waals surface area contributed by atoms with E-state index in [1.54, 1.807) is 12.1 Å². The van der Waals surface area contributed by atoms with E-state index in [4.69, 9.17) is 12.2 Å². The van der Waals surface area contributed by atoms with Gasteiger partial charge in [0.15, 0.2) is 5.11 Å². The van der Waals surface area contributed by atoms with Crippen molar-refractivity contribution < 1.29 is 4.39 Å². The van der Waals surface area contributed by atoms with Gasteiger partial charge in [-0.3, -0.25) is 0 Å². The first kappa shape index (κ1) is 15.9. The van der Waals surface area contributed by atoms with Gasteiger partial charge in [-0.25, -0.2) is 4.39 Å². The molecule has 2 N–H and O–H groups in total. The van der Waals surface area contributed by atoms with E-state index in [0.717, 1.165) is 5.56 Å². The maximum atomic E-state index is 13.8. The summed E-state index contributed by atoms with van der Waals surface area (Å²) in [6.07, 6.45) is 0. The highest BCUT2D eigenvalue weighted by Crippen LogP contribution is 2.20. The first-order valence-electron chi connectivity index (χ1n) is 6.55. The molecule has 0 saturated heterocycles. The number of thiocarbonyl (C=S) groups is 1. The smallest absolute Gasteiger partial charge is 0.171 e. The van der Waals surface area contributed by atoms with E-state index < -0.39 is 0 Å². The van der Waals surface area contributed by atoms with Crippen LogP contribution in [-0.2, 0) is 0 Å². The Morgan fingerprint density at radius 1 is 1.24 bits per heavy atom. The third-order valence-electron chi connectivity index (χ3n) is 3.18. The van der Waals surface area contributed by atoms with Crippen LogP contribution in [0, 0.1) is 12.7 Å². The summed E-state index contributed by atoms with van der Waals surface area (Å²) in [4.78, 5) is 0. The van der Waals surface area contributed by atoms with Gasteiger partial charge in [-0.1, -0.05) is 40.2 Å². The average molecular weight is 367 g/mol. The van der Waals surface area contributed by atoms with E-state index in [0.29, 0.717) is 15.3 Å². The van der Waals surface area contributed by atoms with E-state index in [2.05, 4.69) is 45.6 Å². The first-order valence-corrected chi connectivity index (χ1v) is 7.75. The fourth-order valence-electron chi connectivity index (χ4n) is 2.10. The molecule has 2 aromatic rings. The van der Waals surface area contributed by atoms with E-state index in [9.17, 15) is 4.39 Å². The number of aryl methyl sites for hydroxylation is 1. The van der Waals surface area contributed by atoms with Crippen LogP contribution in [0.3, 0.4) is 0 Å². The molecule has 0 spiro atoms. The molecule has 0 amide bonds. The normalized spacial score (nSPS) is 11.8. The van der Waals surface area contributed by atoms with Crippen LogP contribution in [0.25, 0.3) is 0 Å². The number of anilines is 1. The highest BCUT2D eigenvalue weighted by molar-refractivity contribution is 9.10. The van der Waals surface area contributed by atoms with Gasteiger partial charge in [-0.05, 0) is 55.4 Å². The van der Waals surface area contributed by atoms with E-state index in [1.165, 1.54) is 11.6 Å². The van der Waals surface area contributed by atoms with Crippen LogP contribution in [0.5, 0.6) is 0 Å². The lowest BCUT2D eigenvalue weighted by molar-refractivity contribution is 0.630. The van der Waals surface area contributed by atoms with Gasteiger partial charge < -0.3 is 10.6 Å². The third kappa shape index (κ3) is 4.25. The number of benzene rings is 2. The summed E-state index contributed by atoms with van der Waals surface area (Å²) in [5.41, 5.74) is 2.71. The molecule has 5 heteroatoms. The highest BCUT2D eigenvalue weighted by Gasteiger charge is 2.10. The minimum absolute atomic E-state index is 0.0460. The van der Waals surface area contributed by atoms with Crippen molar-refractivity contribution in [2.75, 3.05) is 5.32 Å². The van der Waals surface area contributed by atoms with Gasteiger partial charge in [-0.15, -0.1) is 0 Å². The third-order valence-corrected chi connectivity index (χ3v) is 3.90. The van der Waals surface area contributed by atoms with Crippen LogP contribution in [-0.4, -0.2) is 5.11 Å². The van der Waals surface area contributed by atoms with Crippen molar-refractivity contribution in [3.8, 4) is 0 Å². The molecule has 0 radical (unpaired) electrons. The Balaban J connectivity index is 2.03. The largest absolute Gasteiger partial charge is 0.356 e. The molecule has 0 unspecified atom stereocenters. The summed E-state index contributed by atoms with van der Waals surface area (Å²) in [6.45, 7) is 4.08. The fraction of sp³-hybridized carbons (Fsp3) is 0.188. The van der Waals surface area contributed by atoms with Gasteiger partial charge in [0.25, 0.3) is 0 Å². The predicted octanol–water partition coefficient (Wildman–Crippen LogP) is 4.94. The molecule has 0 saturated carbocycles. The molecule has 0 aliphatic heterocycles. The SMILES string of the molecule is Cc1ccccc1[C@@H](C)NC(=S)Nc1ccc(Br)cc1F. The number of halogens is 2. The van der Waals surface area contributed by atoms with Crippen molar-refractivity contribution in [3.05, 3.63) is 63.9 Å². The maximum absolute atomic E-state index is 13.8. The maximum Gasteiger partial charge on any atom is 0.171 e. The minimum atomic E-state index is -0.350.